The molecule has 0 radical (unpaired) electrons. The number of benzene rings is 15. The highest BCUT2D eigenvalue weighted by Gasteiger charge is 2.34. The van der Waals surface area contributed by atoms with Crippen LogP contribution < -0.4 is 0 Å². The fourth-order valence-electron chi connectivity index (χ4n) is 13.0. The molecule has 0 fully saturated rings. The van der Waals surface area contributed by atoms with Gasteiger partial charge in [-0.05, 0) is 182 Å². The first kappa shape index (κ1) is 74.7. The van der Waals surface area contributed by atoms with E-state index in [-0.39, 0.29) is 5.41 Å². The molecular formula is C103H95NO2. The van der Waals surface area contributed by atoms with E-state index in [2.05, 4.69) is 353 Å². The molecule has 3 heteroatoms. The molecule has 0 aliphatic heterocycles. The second kappa shape index (κ2) is 36.6. The normalized spacial score (nSPS) is 11.0. The Morgan fingerprint density at radius 1 is 0.226 bits per heavy atom. The molecule has 106 heavy (non-hydrogen) atoms. The van der Waals surface area contributed by atoms with Crippen LogP contribution in [0.5, 0.6) is 0 Å². The molecule has 0 atom stereocenters. The summed E-state index contributed by atoms with van der Waals surface area (Å²) in [4.78, 5) is 3.98. The average molecular weight is 1380 g/mol. The number of nitrogens with zero attached hydrogens (tertiary/aromatic N) is 1. The fraction of sp³-hybridized carbons (Fsp3) is 0.117. The molecule has 3 nitrogen and oxygen atoms in total. The minimum absolute atomic E-state index is 0.151. The maximum absolute atomic E-state index is 5.73. The summed E-state index contributed by atoms with van der Waals surface area (Å²) in [5, 5.41) is 10.1. The summed E-state index contributed by atoms with van der Waals surface area (Å²) in [6.07, 6.45) is 1.79. The Morgan fingerprint density at radius 2 is 0.651 bits per heavy atom. The molecule has 0 unspecified atom stereocenters. The van der Waals surface area contributed by atoms with Crippen LogP contribution in [0.3, 0.4) is 0 Å². The lowest BCUT2D eigenvalue weighted by Crippen LogP contribution is -2.14. The van der Waals surface area contributed by atoms with E-state index in [1.165, 1.54) is 132 Å². The Labute approximate surface area is 627 Å². The molecule has 524 valence electrons. The van der Waals surface area contributed by atoms with E-state index in [0.717, 1.165) is 28.0 Å². The van der Waals surface area contributed by atoms with Crippen molar-refractivity contribution in [3.05, 3.63) is 438 Å². The van der Waals surface area contributed by atoms with Crippen molar-refractivity contribution in [1.29, 1.82) is 0 Å². The van der Waals surface area contributed by atoms with Crippen LogP contribution in [0.4, 0.5) is 0 Å². The molecule has 0 saturated heterocycles. The van der Waals surface area contributed by atoms with Crippen molar-refractivity contribution in [3.63, 3.8) is 0 Å². The Hall–Kier alpha value is -12.4. The van der Waals surface area contributed by atoms with E-state index in [1.807, 2.05) is 97.9 Å². The molecule has 3 heterocycles. The minimum Gasteiger partial charge on any atom is -0.456 e. The molecule has 0 bridgehead atoms. The second-order valence-electron chi connectivity index (χ2n) is 27.7. The van der Waals surface area contributed by atoms with Gasteiger partial charge >= 0.3 is 0 Å². The van der Waals surface area contributed by atoms with Crippen LogP contribution in [-0.4, -0.2) is 4.98 Å². The molecule has 18 aromatic rings. The first-order chi connectivity index (χ1) is 51.5. The summed E-state index contributed by atoms with van der Waals surface area (Å²) in [5.41, 5.74) is 26.4. The van der Waals surface area contributed by atoms with Crippen LogP contribution in [0.2, 0.25) is 0 Å². The predicted octanol–water partition coefficient (Wildman–Crippen LogP) is 29.1. The highest BCUT2D eigenvalue weighted by atomic mass is 16.3. The predicted molar refractivity (Wildman–Crippen MR) is 456 cm³/mol. The largest absolute Gasteiger partial charge is 0.456 e. The number of pyridine rings is 1. The number of hydrogen-bond acceptors (Lipinski definition) is 3. The van der Waals surface area contributed by atoms with E-state index < -0.39 is 0 Å². The highest BCUT2D eigenvalue weighted by Crippen LogP contribution is 2.48. The minimum atomic E-state index is 0.151. The maximum atomic E-state index is 5.73. The van der Waals surface area contributed by atoms with Crippen molar-refractivity contribution in [2.24, 2.45) is 0 Å². The van der Waals surface area contributed by atoms with E-state index in [1.54, 1.807) is 6.20 Å². The third-order valence-corrected chi connectivity index (χ3v) is 18.8. The molecule has 0 N–H and O–H groups in total. The van der Waals surface area contributed by atoms with Crippen LogP contribution in [0.1, 0.15) is 75.2 Å². The zero-order valence-corrected chi connectivity index (χ0v) is 63.1. The van der Waals surface area contributed by atoms with E-state index in [4.69, 9.17) is 8.83 Å². The summed E-state index contributed by atoms with van der Waals surface area (Å²) in [6, 6.07) is 128. The van der Waals surface area contributed by atoms with Gasteiger partial charge in [-0.1, -0.05) is 375 Å². The van der Waals surface area contributed by atoms with E-state index in [0.29, 0.717) is 0 Å². The van der Waals surface area contributed by atoms with E-state index in [9.17, 15) is 0 Å². The van der Waals surface area contributed by atoms with Gasteiger partial charge in [0.2, 0.25) is 0 Å². The topological polar surface area (TPSA) is 39.2 Å². The lowest BCUT2D eigenvalue weighted by molar-refractivity contribution is 0.660. The van der Waals surface area contributed by atoms with Gasteiger partial charge in [0.1, 0.15) is 22.3 Å². The van der Waals surface area contributed by atoms with Gasteiger partial charge in [0, 0.05) is 38.9 Å². The molecular weight excluding hydrogens is 1280 g/mol. The molecule has 15 aromatic carbocycles. The number of fused-ring (bicyclic) bond motifs is 11. The summed E-state index contributed by atoms with van der Waals surface area (Å²) >= 11 is 0. The van der Waals surface area contributed by atoms with Gasteiger partial charge < -0.3 is 8.83 Å². The lowest BCUT2D eigenvalue weighted by Gasteiger charge is -2.21. The maximum Gasteiger partial charge on any atom is 0.135 e. The number of para-hydroxylation sites is 2. The Kier molecular flexibility index (Phi) is 25.8. The van der Waals surface area contributed by atoms with Crippen molar-refractivity contribution in [2.45, 2.75) is 81.6 Å². The van der Waals surface area contributed by atoms with Gasteiger partial charge in [0.25, 0.3) is 0 Å². The van der Waals surface area contributed by atoms with Crippen LogP contribution >= 0.6 is 0 Å². The van der Waals surface area contributed by atoms with Gasteiger partial charge in [0.05, 0.1) is 0 Å². The third kappa shape index (κ3) is 20.3. The lowest BCUT2D eigenvalue weighted by atomic mass is 9.82. The smallest absolute Gasteiger partial charge is 0.135 e. The molecule has 1 aliphatic rings. The molecule has 0 saturated carbocycles. The average Bonchev–Trinajstić information content (AvgIpc) is 1.59. The van der Waals surface area contributed by atoms with Crippen molar-refractivity contribution in [2.75, 3.05) is 0 Å². The Morgan fingerprint density at radius 3 is 1.28 bits per heavy atom. The van der Waals surface area contributed by atoms with Crippen LogP contribution in [0.25, 0.3) is 98.8 Å². The molecule has 3 aromatic heterocycles. The van der Waals surface area contributed by atoms with Gasteiger partial charge in [-0.25, -0.2) is 0 Å². The van der Waals surface area contributed by atoms with Crippen molar-refractivity contribution in [3.8, 4) is 33.4 Å². The first-order valence-corrected chi connectivity index (χ1v) is 36.5. The van der Waals surface area contributed by atoms with Crippen molar-refractivity contribution >= 4 is 65.4 Å². The second-order valence-corrected chi connectivity index (χ2v) is 27.7. The fourth-order valence-corrected chi connectivity index (χ4v) is 13.0. The summed E-state index contributed by atoms with van der Waals surface area (Å²) < 4.78 is 11.4. The van der Waals surface area contributed by atoms with Gasteiger partial charge in [0.15, 0.2) is 0 Å². The summed E-state index contributed by atoms with van der Waals surface area (Å²) in [6.45, 7) is 23.5. The number of hydrogen-bond donors (Lipinski definition) is 0. The Balaban J connectivity index is 0.000000120. The van der Waals surface area contributed by atoms with E-state index >= 15 is 0 Å². The van der Waals surface area contributed by atoms with Crippen LogP contribution in [-0.2, 0) is 5.41 Å². The van der Waals surface area contributed by atoms with Crippen molar-refractivity contribution in [1.82, 2.24) is 4.98 Å². The highest BCUT2D eigenvalue weighted by molar-refractivity contribution is 6.06. The zero-order chi connectivity index (χ0) is 74.2. The van der Waals surface area contributed by atoms with Crippen LogP contribution in [0, 0.1) is 62.3 Å². The monoisotopic (exact) mass is 1380 g/mol. The number of aromatic nitrogens is 1. The number of aryl methyl sites for hydroxylation is 9. The van der Waals surface area contributed by atoms with Crippen LogP contribution in [0.15, 0.2) is 385 Å². The summed E-state index contributed by atoms with van der Waals surface area (Å²) in [7, 11) is 0. The molecule has 0 amide bonds. The quantitative estimate of drug-likeness (QED) is 0.173. The molecule has 19 rings (SSSR count). The third-order valence-electron chi connectivity index (χ3n) is 18.8. The van der Waals surface area contributed by atoms with Crippen molar-refractivity contribution < 1.29 is 8.83 Å². The molecule has 0 spiro atoms. The van der Waals surface area contributed by atoms with Gasteiger partial charge in [-0.2, -0.15) is 0 Å². The molecule has 1 aliphatic carbocycles. The standard InChI is InChI=1S/C16H16.2C13H10O.2C13H12.2C11H10.C7H8.C6H7N/c1-11-8-9-13-12-6-4-5-7-14(12)16(2,3)15(13)10-11;1-9-6-7-13-11(8-9)10-4-2-3-5-12(10)14-13;1-9-6-7-11-10-4-2-3-5-12(10)14-13(11)8-9;1-11-6-5-9-13(10-11)12-7-3-2-4-8-12;1-11-7-9-13(10-8-11)12-5-3-2-4-6-12;1-9-5-4-7-10-6-2-3-8-11(9)10;1-9-6-7-10-4-2-3-5-11(10)8-9;1-7-5-3-2-4-6-7;1-6-4-2-3-5-7-6/h4-10H,1-3H3;2*2-8H,1H3;2*2-10H,1H3;2*2-8H,1H3;2-6H,1H3;2-5H,1H3. The SMILES string of the molecule is Cc1ccc(-c2ccccc2)cc1.Cc1ccc2c(c1)C(C)(C)c1ccccc1-2.Cc1ccc2c(c1)oc1ccccc12.Cc1ccc2ccccc2c1.Cc1ccc2oc3ccccc3c2c1.Cc1cccc(-c2ccccc2)c1.Cc1cccc2ccccc12.Cc1ccccc1.Cc1ccccn1. The van der Waals surface area contributed by atoms with Gasteiger partial charge in [-0.15, -0.1) is 0 Å². The first-order valence-electron chi connectivity index (χ1n) is 36.5. The number of rotatable bonds is 2. The number of furan rings is 2. The zero-order valence-electron chi connectivity index (χ0n) is 63.1. The Bertz CT molecular complexity index is 5720. The van der Waals surface area contributed by atoms with Gasteiger partial charge in [-0.3, -0.25) is 4.98 Å². The summed E-state index contributed by atoms with van der Waals surface area (Å²) in [5.74, 6) is 0.